The van der Waals surface area contributed by atoms with E-state index in [1.54, 1.807) is 12.1 Å². The highest BCUT2D eigenvalue weighted by Crippen LogP contribution is 2.11. The summed E-state index contributed by atoms with van der Waals surface area (Å²) in [5, 5.41) is 20.4. The lowest BCUT2D eigenvalue weighted by molar-refractivity contribution is -0.141. The van der Waals surface area contributed by atoms with Gasteiger partial charge in [-0.2, -0.15) is 0 Å². The van der Waals surface area contributed by atoms with Crippen LogP contribution in [-0.2, 0) is 16.0 Å². The van der Waals surface area contributed by atoms with Gasteiger partial charge in [0.1, 0.15) is 13.2 Å². The number of nitrogens with one attached hydrogen (secondary N) is 1. The first-order valence-electron chi connectivity index (χ1n) is 5.47. The molecule has 1 amide bonds. The number of benzene rings is 1. The fourth-order valence-electron chi connectivity index (χ4n) is 1.31. The molecule has 0 heterocycles. The molecule has 0 saturated carbocycles. The van der Waals surface area contributed by atoms with E-state index < -0.39 is 17.9 Å². The normalized spacial score (nSPS) is 12.6. The Morgan fingerprint density at radius 3 is 2.59 bits per heavy atom. The van der Waals surface area contributed by atoms with Crippen LogP contribution in [0.4, 0.5) is 0 Å². The number of rotatable bonds is 6. The molecule has 0 unspecified atom stereocenters. The van der Waals surface area contributed by atoms with Gasteiger partial charge in [0.25, 0.3) is 0 Å². The molecule has 1 aromatic carbocycles. The zero-order valence-corrected chi connectivity index (χ0v) is 9.01. The molecule has 1 atom stereocenters. The van der Waals surface area contributed by atoms with E-state index in [1.165, 1.54) is 12.1 Å². The van der Waals surface area contributed by atoms with Gasteiger partial charge in [0.2, 0.25) is 5.91 Å². The third-order valence-electron chi connectivity index (χ3n) is 2.17. The fraction of sp³-hybridized carbons (Fsp3) is 0.273. The second kappa shape index (κ2) is 5.86. The van der Waals surface area contributed by atoms with Gasteiger partial charge in [-0.05, 0) is 17.7 Å². The average Bonchev–Trinajstić information content (AvgIpc) is 2.31. The molecule has 92 valence electrons. The molecule has 1 rings (SSSR count). The second-order valence-electron chi connectivity index (χ2n) is 3.51. The van der Waals surface area contributed by atoms with Gasteiger partial charge >= 0.3 is 5.97 Å². The Morgan fingerprint density at radius 2 is 2.06 bits per heavy atom. The molecule has 0 aliphatic heterocycles. The molecule has 0 saturated heterocycles. The molecule has 17 heavy (non-hydrogen) atoms. The van der Waals surface area contributed by atoms with Crippen molar-refractivity contribution in [1.29, 1.82) is 0 Å². The standard InChI is InChI=1S/C11H14N2O4/c12-6-10(15)13-9(11(16)17)5-7-1-3-8(14)4-2-7/h1-4,9,14H,5-6,12H2,(H,13,15)(H,16,17)/t9-/m0/s1/i/hD. The molecular formula is C11H14N2O4. The smallest absolute Gasteiger partial charge is 0.326 e. The number of carboxylic acid groups (broad SMARTS) is 1. The predicted octanol–water partition coefficient (Wildman–Crippen LogP) is -0.537. The number of carbonyl (C=O) groups is 2. The van der Waals surface area contributed by atoms with Crippen LogP contribution in [0, 0.1) is 0 Å². The Hall–Kier alpha value is -2.08. The summed E-state index contributed by atoms with van der Waals surface area (Å²) in [6.07, 6.45) is 0.110. The van der Waals surface area contributed by atoms with Gasteiger partial charge in [-0.1, -0.05) is 12.1 Å². The summed E-state index contributed by atoms with van der Waals surface area (Å²) in [5.74, 6) is -1.62. The van der Waals surface area contributed by atoms with Crippen molar-refractivity contribution < 1.29 is 21.2 Å². The van der Waals surface area contributed by atoms with Crippen LogP contribution in [0.25, 0.3) is 0 Å². The largest absolute Gasteiger partial charge is 0.508 e. The summed E-state index contributed by atoms with van der Waals surface area (Å²) in [6, 6.07) is 5.00. The molecule has 5 N–H and O–H groups in total. The lowest BCUT2D eigenvalue weighted by Crippen LogP contribution is -2.44. The number of aliphatic carboxylic acids is 1. The molecule has 6 heteroatoms. The minimum Gasteiger partial charge on any atom is -0.508 e. The molecular weight excluding hydrogens is 224 g/mol. The Kier molecular flexibility index (Phi) is 3.93. The maximum absolute atomic E-state index is 11.2. The van der Waals surface area contributed by atoms with Crippen molar-refractivity contribution in [3.05, 3.63) is 29.8 Å². The third kappa shape index (κ3) is 4.12. The molecule has 0 aliphatic carbocycles. The molecule has 1 aromatic rings. The number of nitrogens with two attached hydrogens (primary N) is 1. The summed E-state index contributed by atoms with van der Waals surface area (Å²) in [7, 11) is 0. The van der Waals surface area contributed by atoms with E-state index in [4.69, 9.17) is 11.6 Å². The van der Waals surface area contributed by atoms with Gasteiger partial charge in [-0.15, -0.1) is 0 Å². The molecule has 0 aromatic heterocycles. The lowest BCUT2D eigenvalue weighted by Gasteiger charge is -2.13. The second-order valence-corrected chi connectivity index (χ2v) is 3.51. The van der Waals surface area contributed by atoms with Crippen molar-refractivity contribution in [3.63, 3.8) is 0 Å². The van der Waals surface area contributed by atoms with E-state index in [2.05, 4.69) is 5.32 Å². The maximum atomic E-state index is 11.2. The van der Waals surface area contributed by atoms with E-state index in [-0.39, 0.29) is 18.7 Å². The molecule has 0 fully saturated rings. The number of carbonyl (C=O) groups excluding carboxylic acids is 1. The van der Waals surface area contributed by atoms with Gasteiger partial charge in [0, 0.05) is 6.42 Å². The molecule has 0 bridgehead atoms. The first-order valence-corrected chi connectivity index (χ1v) is 4.97. The van der Waals surface area contributed by atoms with Crippen molar-refractivity contribution in [1.82, 2.24) is 5.32 Å². The number of hydrogen-bond acceptors (Lipinski definition) is 4. The summed E-state index contributed by atoms with van der Waals surface area (Å²) in [6.45, 7) is -0.265. The monoisotopic (exact) mass is 239 g/mol. The lowest BCUT2D eigenvalue weighted by atomic mass is 10.1. The Balaban J connectivity index is 2.65. The van der Waals surface area contributed by atoms with E-state index >= 15 is 0 Å². The van der Waals surface area contributed by atoms with E-state index in [1.807, 2.05) is 5.73 Å². The van der Waals surface area contributed by atoms with Crippen molar-refractivity contribution in [2.45, 2.75) is 12.5 Å². The number of carboxylic acids is 1. The number of phenols is 1. The highest BCUT2D eigenvalue weighted by Gasteiger charge is 2.19. The molecule has 0 aliphatic rings. The number of aromatic hydroxyl groups is 1. The van der Waals surface area contributed by atoms with Crippen LogP contribution in [0.5, 0.6) is 5.75 Å². The summed E-state index contributed by atoms with van der Waals surface area (Å²) < 4.78 is 6.64. The first-order chi connectivity index (χ1) is 8.52. The van der Waals surface area contributed by atoms with Crippen LogP contribution in [0.3, 0.4) is 0 Å². The summed E-state index contributed by atoms with van der Waals surface area (Å²) in [5.41, 5.74) is 2.57. The zero-order valence-electron chi connectivity index (χ0n) is 10.0. The van der Waals surface area contributed by atoms with E-state index in [0.29, 0.717) is 5.56 Å². The van der Waals surface area contributed by atoms with Crippen molar-refractivity contribution in [2.75, 3.05) is 6.54 Å². The van der Waals surface area contributed by atoms with E-state index in [0.717, 1.165) is 0 Å². The highest BCUT2D eigenvalue weighted by molar-refractivity contribution is 5.84. The molecule has 6 nitrogen and oxygen atoms in total. The Labute approximate surface area is 99.5 Å². The van der Waals surface area contributed by atoms with Gasteiger partial charge in [-0.25, -0.2) is 4.79 Å². The van der Waals surface area contributed by atoms with Gasteiger partial charge in [0.05, 0.1) is 6.54 Å². The molecule has 0 spiro atoms. The average molecular weight is 239 g/mol. The van der Waals surface area contributed by atoms with Gasteiger partial charge < -0.3 is 21.3 Å². The van der Waals surface area contributed by atoms with Crippen LogP contribution >= 0.6 is 0 Å². The SMILES string of the molecule is [2H]NCC(=O)N[C@@H](Cc1ccc(O)cc1)C(=O)O. The van der Waals surface area contributed by atoms with E-state index in [9.17, 15) is 9.59 Å². The molecule has 0 radical (unpaired) electrons. The van der Waals surface area contributed by atoms with Gasteiger partial charge in [0.15, 0.2) is 0 Å². The third-order valence-corrected chi connectivity index (χ3v) is 2.17. The quantitative estimate of drug-likeness (QED) is 0.532. The summed E-state index contributed by atoms with van der Waals surface area (Å²) in [4.78, 5) is 22.2. The Bertz CT molecular complexity index is 422. The fourth-order valence-corrected chi connectivity index (χ4v) is 1.31. The minimum atomic E-state index is -1.15. The number of phenolic OH excluding ortho intramolecular Hbond substituents is 1. The number of hydrogen-bond donors (Lipinski definition) is 4. The number of amides is 1. The predicted molar refractivity (Wildman–Crippen MR) is 60.4 cm³/mol. The van der Waals surface area contributed by atoms with Crippen LogP contribution < -0.4 is 11.0 Å². The van der Waals surface area contributed by atoms with Gasteiger partial charge in [-0.3, -0.25) is 4.79 Å². The maximum Gasteiger partial charge on any atom is 0.326 e. The summed E-state index contributed by atoms with van der Waals surface area (Å²) >= 11 is 0. The first kappa shape index (κ1) is 11.4. The topological polar surface area (TPSA) is 113 Å². The van der Waals surface area contributed by atoms with Crippen LogP contribution in [-0.4, -0.2) is 34.7 Å². The van der Waals surface area contributed by atoms with Crippen LogP contribution in [0.1, 0.15) is 5.56 Å². The van der Waals surface area contributed by atoms with Crippen LogP contribution in [0.2, 0.25) is 1.41 Å². The Morgan fingerprint density at radius 1 is 1.41 bits per heavy atom. The van der Waals surface area contributed by atoms with Crippen molar-refractivity contribution in [3.8, 4) is 5.75 Å². The highest BCUT2D eigenvalue weighted by atomic mass is 16.4. The zero-order chi connectivity index (χ0) is 13.5. The minimum absolute atomic E-state index is 0.0908. The van der Waals surface area contributed by atoms with Crippen molar-refractivity contribution in [2.24, 2.45) is 5.73 Å². The van der Waals surface area contributed by atoms with Crippen molar-refractivity contribution >= 4 is 11.9 Å². The van der Waals surface area contributed by atoms with Crippen LogP contribution in [0.15, 0.2) is 24.3 Å².